The van der Waals surface area contributed by atoms with Crippen LogP contribution < -0.4 is 10.1 Å². The highest BCUT2D eigenvalue weighted by Crippen LogP contribution is 2.13. The zero-order valence-corrected chi connectivity index (χ0v) is 16.5. The van der Waals surface area contributed by atoms with Crippen molar-refractivity contribution in [1.82, 2.24) is 19.6 Å². The molecule has 0 saturated heterocycles. The van der Waals surface area contributed by atoms with Gasteiger partial charge in [-0.15, -0.1) is 0 Å². The predicted octanol–water partition coefficient (Wildman–Crippen LogP) is 4.21. The second-order valence-electron chi connectivity index (χ2n) is 6.45. The number of aromatic nitrogens is 4. The highest BCUT2D eigenvalue weighted by Gasteiger charge is 2.12. The molecule has 0 saturated carbocycles. The fourth-order valence-electron chi connectivity index (χ4n) is 2.70. The number of benzene rings is 2. The Morgan fingerprint density at radius 1 is 0.967 bits per heavy atom. The molecule has 9 heteroatoms. The van der Waals surface area contributed by atoms with Crippen LogP contribution in [0.4, 0.5) is 10.2 Å². The molecule has 0 fully saturated rings. The number of halogens is 2. The lowest BCUT2D eigenvalue weighted by Crippen LogP contribution is -2.15. The van der Waals surface area contributed by atoms with E-state index < -0.39 is 0 Å². The van der Waals surface area contributed by atoms with E-state index in [4.69, 9.17) is 16.3 Å². The second-order valence-corrected chi connectivity index (χ2v) is 6.88. The number of amides is 1. The molecular formula is C21H17ClFN5O2. The largest absolute Gasteiger partial charge is 0.471 e. The summed E-state index contributed by atoms with van der Waals surface area (Å²) >= 11 is 5.89. The number of hydrogen-bond acceptors (Lipinski definition) is 4. The molecule has 152 valence electrons. The Morgan fingerprint density at radius 2 is 1.70 bits per heavy atom. The van der Waals surface area contributed by atoms with Gasteiger partial charge in [0.15, 0.2) is 18.2 Å². The highest BCUT2D eigenvalue weighted by atomic mass is 35.5. The summed E-state index contributed by atoms with van der Waals surface area (Å²) in [5.74, 6) is 0.207. The molecular weight excluding hydrogens is 409 g/mol. The van der Waals surface area contributed by atoms with Crippen molar-refractivity contribution >= 4 is 23.3 Å². The summed E-state index contributed by atoms with van der Waals surface area (Å²) < 4.78 is 21.6. The number of anilines is 1. The highest BCUT2D eigenvalue weighted by molar-refractivity contribution is 6.30. The van der Waals surface area contributed by atoms with Crippen LogP contribution in [0.1, 0.15) is 16.1 Å². The Bertz CT molecular complexity index is 1140. The van der Waals surface area contributed by atoms with Crippen molar-refractivity contribution in [2.45, 2.75) is 13.3 Å². The van der Waals surface area contributed by atoms with Crippen molar-refractivity contribution in [2.24, 2.45) is 0 Å². The average Bonchev–Trinajstić information content (AvgIpc) is 3.39. The van der Waals surface area contributed by atoms with Gasteiger partial charge in [-0.3, -0.25) is 9.48 Å². The minimum atomic E-state index is -0.382. The van der Waals surface area contributed by atoms with Crippen LogP contribution in [0.15, 0.2) is 73.1 Å². The van der Waals surface area contributed by atoms with Gasteiger partial charge in [-0.2, -0.15) is 10.2 Å². The number of rotatable bonds is 7. The van der Waals surface area contributed by atoms with E-state index in [1.54, 1.807) is 29.2 Å². The first-order valence-electron chi connectivity index (χ1n) is 9.06. The maximum Gasteiger partial charge on any atom is 0.277 e. The summed E-state index contributed by atoms with van der Waals surface area (Å²) in [6.07, 6.45) is 3.40. The van der Waals surface area contributed by atoms with Crippen molar-refractivity contribution in [3.8, 4) is 5.75 Å². The molecule has 0 aliphatic heterocycles. The van der Waals surface area contributed by atoms with Crippen LogP contribution in [0.25, 0.3) is 0 Å². The van der Waals surface area contributed by atoms with Gasteiger partial charge < -0.3 is 10.1 Å². The van der Waals surface area contributed by atoms with Gasteiger partial charge in [0.25, 0.3) is 5.91 Å². The van der Waals surface area contributed by atoms with Crippen molar-refractivity contribution < 1.29 is 13.9 Å². The molecule has 2 aromatic heterocycles. The molecule has 0 atom stereocenters. The van der Waals surface area contributed by atoms with E-state index in [-0.39, 0.29) is 24.1 Å². The molecule has 4 aromatic rings. The first kappa shape index (κ1) is 19.7. The van der Waals surface area contributed by atoms with E-state index in [1.807, 2.05) is 24.3 Å². The van der Waals surface area contributed by atoms with Gasteiger partial charge in [0.05, 0.1) is 6.54 Å². The lowest BCUT2D eigenvalue weighted by Gasteiger charge is -2.05. The van der Waals surface area contributed by atoms with Crippen LogP contribution >= 0.6 is 11.6 Å². The molecule has 2 aromatic carbocycles. The Hall–Kier alpha value is -3.65. The molecule has 0 bridgehead atoms. The van der Waals surface area contributed by atoms with Crippen LogP contribution in [-0.2, 0) is 13.3 Å². The third-order valence-electron chi connectivity index (χ3n) is 4.19. The number of nitrogens with zero attached hydrogens (tertiary/aromatic N) is 4. The average molecular weight is 426 g/mol. The number of hydrogen-bond donors (Lipinski definition) is 1. The molecule has 2 heterocycles. The zero-order chi connectivity index (χ0) is 20.9. The Balaban J connectivity index is 1.32. The number of carbonyl (C=O) groups excluding carboxylic acids is 1. The van der Waals surface area contributed by atoms with Crippen molar-refractivity contribution in [3.63, 3.8) is 0 Å². The maximum absolute atomic E-state index is 12.9. The molecule has 7 nitrogen and oxygen atoms in total. The first-order chi connectivity index (χ1) is 14.5. The Kier molecular flexibility index (Phi) is 5.76. The number of ether oxygens (including phenoxy) is 1. The third kappa shape index (κ3) is 5.03. The quantitative estimate of drug-likeness (QED) is 0.481. The minimum absolute atomic E-state index is 0.0919. The summed E-state index contributed by atoms with van der Waals surface area (Å²) in [5.41, 5.74) is 1.27. The molecule has 1 amide bonds. The predicted molar refractivity (Wildman–Crippen MR) is 110 cm³/mol. The first-order valence-corrected chi connectivity index (χ1v) is 9.44. The second kappa shape index (κ2) is 8.79. The van der Waals surface area contributed by atoms with Gasteiger partial charge in [0.1, 0.15) is 11.6 Å². The van der Waals surface area contributed by atoms with E-state index in [2.05, 4.69) is 15.5 Å². The van der Waals surface area contributed by atoms with Gasteiger partial charge in [0.2, 0.25) is 0 Å². The van der Waals surface area contributed by atoms with E-state index >= 15 is 0 Å². The molecule has 0 spiro atoms. The van der Waals surface area contributed by atoms with Gasteiger partial charge in [0, 0.05) is 23.5 Å². The summed E-state index contributed by atoms with van der Waals surface area (Å²) in [6, 6.07) is 16.4. The molecule has 0 radical (unpaired) electrons. The molecule has 30 heavy (non-hydrogen) atoms. The maximum atomic E-state index is 12.9. The summed E-state index contributed by atoms with van der Waals surface area (Å²) in [7, 11) is 0. The lowest BCUT2D eigenvalue weighted by molar-refractivity contribution is 0.101. The van der Waals surface area contributed by atoms with Crippen LogP contribution in [-0.4, -0.2) is 25.5 Å². The van der Waals surface area contributed by atoms with Crippen molar-refractivity contribution in [1.29, 1.82) is 0 Å². The molecule has 0 aliphatic carbocycles. The van der Waals surface area contributed by atoms with Crippen molar-refractivity contribution in [2.75, 3.05) is 5.32 Å². The molecule has 4 rings (SSSR count). The number of carbonyl (C=O) groups is 1. The van der Waals surface area contributed by atoms with Gasteiger partial charge in [-0.1, -0.05) is 23.7 Å². The molecule has 0 aliphatic rings. The standard InChI is InChI=1S/C21H17ClFN5O2/c22-16-3-1-15(2-4-16)13-27-12-10-20(26-27)24-21(29)19-9-11-28(25-19)14-30-18-7-5-17(23)6-8-18/h1-12H,13-14H2,(H,24,26,29). The van der Waals surface area contributed by atoms with Gasteiger partial charge >= 0.3 is 0 Å². The normalized spacial score (nSPS) is 10.7. The van der Waals surface area contributed by atoms with Crippen LogP contribution in [0.5, 0.6) is 5.75 Å². The van der Waals surface area contributed by atoms with E-state index in [9.17, 15) is 9.18 Å². The van der Waals surface area contributed by atoms with Gasteiger partial charge in [-0.05, 0) is 48.0 Å². The number of nitrogens with one attached hydrogen (secondary N) is 1. The van der Waals surface area contributed by atoms with E-state index in [0.717, 1.165) is 5.56 Å². The van der Waals surface area contributed by atoms with Crippen LogP contribution in [0.2, 0.25) is 5.02 Å². The Labute approximate surface area is 176 Å². The molecule has 0 unspecified atom stereocenters. The van der Waals surface area contributed by atoms with Crippen LogP contribution in [0, 0.1) is 5.82 Å². The minimum Gasteiger partial charge on any atom is -0.471 e. The summed E-state index contributed by atoms with van der Waals surface area (Å²) in [5, 5.41) is 11.9. The van der Waals surface area contributed by atoms with Gasteiger partial charge in [-0.25, -0.2) is 9.07 Å². The fraction of sp³-hybridized carbons (Fsp3) is 0.0952. The Morgan fingerprint density at radius 3 is 2.47 bits per heavy atom. The lowest BCUT2D eigenvalue weighted by atomic mass is 10.2. The van der Waals surface area contributed by atoms with E-state index in [0.29, 0.717) is 23.1 Å². The topological polar surface area (TPSA) is 74.0 Å². The smallest absolute Gasteiger partial charge is 0.277 e. The van der Waals surface area contributed by atoms with Crippen LogP contribution in [0.3, 0.4) is 0 Å². The molecule has 1 N–H and O–H groups in total. The SMILES string of the molecule is O=C(Nc1ccn(Cc2ccc(Cl)cc2)n1)c1ccn(COc2ccc(F)cc2)n1. The summed E-state index contributed by atoms with van der Waals surface area (Å²) in [6.45, 7) is 0.650. The third-order valence-corrected chi connectivity index (χ3v) is 4.44. The van der Waals surface area contributed by atoms with E-state index in [1.165, 1.54) is 28.9 Å². The monoisotopic (exact) mass is 425 g/mol. The zero-order valence-electron chi connectivity index (χ0n) is 15.7. The fourth-order valence-corrected chi connectivity index (χ4v) is 2.83. The summed E-state index contributed by atoms with van der Waals surface area (Å²) in [4.78, 5) is 12.4. The van der Waals surface area contributed by atoms with Crippen molar-refractivity contribution in [3.05, 3.63) is 95.2 Å².